The monoisotopic (exact) mass is 1560 g/mol. The Morgan fingerprint density at radius 1 is 0.369 bits per heavy atom. The van der Waals surface area contributed by atoms with Crippen LogP contribution in [-0.2, 0) is 66.3 Å². The maximum Gasteiger partial charge on any atom is 0.184 e. The van der Waals surface area contributed by atoms with Gasteiger partial charge in [-0.15, -0.1) is 35.5 Å². The predicted molar refractivity (Wildman–Crippen MR) is 435 cm³/mol. The Bertz CT molecular complexity index is 2810. The molecule has 2 aromatic carbocycles. The van der Waals surface area contributed by atoms with Crippen LogP contribution < -0.4 is 0 Å². The van der Waals surface area contributed by atoms with Crippen molar-refractivity contribution in [1.29, 1.82) is 0 Å². The molecule has 21 atom stereocenters. The zero-order valence-corrected chi connectivity index (χ0v) is 70.8. The van der Waals surface area contributed by atoms with Crippen LogP contribution in [0.5, 0.6) is 0 Å². The first-order valence-corrected chi connectivity index (χ1v) is 43.8. The number of fused-ring (bicyclic) bond motifs is 2. The van der Waals surface area contributed by atoms with Crippen molar-refractivity contribution in [2.45, 2.75) is 424 Å². The average Bonchev–Trinajstić information content (AvgIpc) is 1.79. The first-order valence-electron chi connectivity index (χ1n) is 43.8. The lowest BCUT2D eigenvalue weighted by Crippen LogP contribution is -2.56. The highest BCUT2D eigenvalue weighted by molar-refractivity contribution is 5.18. The van der Waals surface area contributed by atoms with Crippen LogP contribution in [0.2, 0.25) is 0 Å². The molecule has 0 bridgehead atoms. The minimum atomic E-state index is -0.876. The van der Waals surface area contributed by atoms with Crippen molar-refractivity contribution >= 4 is 0 Å². The highest BCUT2D eigenvalue weighted by atomic mass is 16.8. The van der Waals surface area contributed by atoms with Gasteiger partial charge in [0.1, 0.15) is 48.8 Å². The SMILES string of the molecule is CCCCCCC#CCCCCCC[C@@H]1OC(C)(C)O[C@H]1[C@@H](O)CO.CCCCCCC#CCCCCCC[C@H]1OC(C)(C)O[C@H]1[C@@H](O)COC1OC2COC(c3ccccc3)OC2C(C)C1C.CCCCCCC#CCCCCCC[C@H]1OC(C)(C)O[C@H]1[C@@H](O)COC1OC2COC(c3ccccc3)OC2C(C)C1C. The lowest BCUT2D eigenvalue weighted by atomic mass is 9.84. The van der Waals surface area contributed by atoms with E-state index in [1.54, 1.807) is 0 Å². The first-order chi connectivity index (χ1) is 53.6. The number of aliphatic hydroxyl groups excluding tert-OH is 4. The lowest BCUT2D eigenvalue weighted by Gasteiger charge is -2.48. The third-order valence-electron chi connectivity index (χ3n) is 22.7. The van der Waals surface area contributed by atoms with Gasteiger partial charge < -0.3 is 86.7 Å². The fourth-order valence-corrected chi connectivity index (χ4v) is 16.0. The Balaban J connectivity index is 0.000000240. The van der Waals surface area contributed by atoms with Crippen LogP contribution in [0.1, 0.15) is 326 Å². The fourth-order valence-electron chi connectivity index (χ4n) is 16.0. The van der Waals surface area contributed by atoms with Crippen molar-refractivity contribution in [2.24, 2.45) is 23.7 Å². The molecule has 0 aliphatic carbocycles. The molecule has 7 saturated heterocycles. The third kappa shape index (κ3) is 33.4. The summed E-state index contributed by atoms with van der Waals surface area (Å²) in [7, 11) is 0. The molecule has 12 unspecified atom stereocenters. The molecule has 7 fully saturated rings. The van der Waals surface area contributed by atoms with E-state index in [1.165, 1.54) is 83.5 Å². The van der Waals surface area contributed by atoms with Crippen LogP contribution in [0, 0.1) is 59.2 Å². The molecule has 0 spiro atoms. The number of benzene rings is 2. The number of rotatable bonds is 42. The topological polar surface area (TPSA) is 210 Å². The summed E-state index contributed by atoms with van der Waals surface area (Å²) in [6.45, 7) is 27.5. The highest BCUT2D eigenvalue weighted by Crippen LogP contribution is 2.43. The van der Waals surface area contributed by atoms with E-state index >= 15 is 0 Å². The molecule has 7 aliphatic rings. The van der Waals surface area contributed by atoms with Gasteiger partial charge in [-0.05, 0) is 111 Å². The summed E-state index contributed by atoms with van der Waals surface area (Å²) in [6, 6.07) is 20.0. The van der Waals surface area contributed by atoms with Crippen LogP contribution in [0.3, 0.4) is 0 Å². The molecule has 630 valence electrons. The maximum atomic E-state index is 11.2. The molecule has 7 heterocycles. The summed E-state index contributed by atoms with van der Waals surface area (Å²) < 4.78 is 86.1. The number of unbranched alkanes of at least 4 members (excludes halogenated alkanes) is 24. The van der Waals surface area contributed by atoms with Crippen molar-refractivity contribution < 1.29 is 86.7 Å². The summed E-state index contributed by atoms with van der Waals surface area (Å²) in [5, 5.41) is 41.4. The summed E-state index contributed by atoms with van der Waals surface area (Å²) in [6.07, 6.45) is 30.8. The first kappa shape index (κ1) is 94.5. The summed E-state index contributed by atoms with van der Waals surface area (Å²) >= 11 is 0. The van der Waals surface area contributed by atoms with Crippen molar-refractivity contribution in [1.82, 2.24) is 0 Å². The standard InChI is InChI=1S/2C36H56O7.C21H38O4/c2*1-6-7-8-9-10-11-12-13-14-15-16-20-23-30-33(43-36(4,5)42-30)29(37)24-38-34-27(3)26(2)32-31(40-34)25-39-35(41-32)28-21-18-17-19-22-28;1-4-5-6-7-8-9-10-11-12-13-14-15-16-19-20(18(23)17-22)25-21(2,3)24-19/h2*17-19,21-22,26-27,29-35,37H,6-10,13-16,20,23-25H2,1-5H3;18-20,22-23H,4-8,11-17H2,1-3H3/t2*26?,27?,29-,30+,31?,32?,33-,34?,35?;18-,19-,20-/m000/s1. The van der Waals surface area contributed by atoms with Crippen molar-refractivity contribution in [3.8, 4) is 35.5 Å². The molecular formula is C93H150O18. The van der Waals surface area contributed by atoms with E-state index in [2.05, 4.69) is 84.0 Å². The van der Waals surface area contributed by atoms with Gasteiger partial charge in [0.25, 0.3) is 0 Å². The number of ether oxygens (including phenoxy) is 14. The Morgan fingerprint density at radius 2 is 0.658 bits per heavy atom. The second kappa shape index (κ2) is 51.6. The van der Waals surface area contributed by atoms with Crippen LogP contribution in [0.15, 0.2) is 60.7 Å². The zero-order valence-electron chi connectivity index (χ0n) is 70.8. The minimum Gasteiger partial charge on any atom is -0.394 e. The fraction of sp³-hybridized carbons (Fsp3) is 0.806. The normalized spacial score (nSPS) is 30.4. The highest BCUT2D eigenvalue weighted by Gasteiger charge is 2.51. The molecule has 0 amide bonds. The van der Waals surface area contributed by atoms with E-state index in [0.717, 1.165) is 140 Å². The van der Waals surface area contributed by atoms with E-state index in [9.17, 15) is 15.3 Å². The molecule has 0 radical (unpaired) electrons. The molecule has 111 heavy (non-hydrogen) atoms. The van der Waals surface area contributed by atoms with Gasteiger partial charge in [0, 0.05) is 61.5 Å². The largest absolute Gasteiger partial charge is 0.394 e. The molecule has 2 aromatic rings. The Kier molecular flexibility index (Phi) is 43.9. The van der Waals surface area contributed by atoms with E-state index in [4.69, 9.17) is 71.4 Å². The van der Waals surface area contributed by atoms with Gasteiger partial charge in [-0.2, -0.15) is 0 Å². The molecule has 7 aliphatic heterocycles. The van der Waals surface area contributed by atoms with Gasteiger partial charge in [0.15, 0.2) is 42.5 Å². The predicted octanol–water partition coefficient (Wildman–Crippen LogP) is 18.8. The molecule has 18 heteroatoms. The van der Waals surface area contributed by atoms with E-state index < -0.39 is 79.1 Å². The number of hydrogen-bond donors (Lipinski definition) is 4. The van der Waals surface area contributed by atoms with Crippen molar-refractivity contribution in [3.63, 3.8) is 0 Å². The van der Waals surface area contributed by atoms with Crippen LogP contribution in [0.25, 0.3) is 0 Å². The van der Waals surface area contributed by atoms with E-state index in [-0.39, 0.29) is 86.2 Å². The number of aliphatic hydroxyl groups is 4. The van der Waals surface area contributed by atoms with Gasteiger partial charge in [-0.1, -0.05) is 225 Å². The Labute approximate surface area is 671 Å². The van der Waals surface area contributed by atoms with E-state index in [1.807, 2.05) is 102 Å². The molecule has 9 rings (SSSR count). The second-order valence-electron chi connectivity index (χ2n) is 33.7. The summed E-state index contributed by atoms with van der Waals surface area (Å²) in [5.41, 5.74) is 2.02. The van der Waals surface area contributed by atoms with Crippen LogP contribution in [-0.4, -0.2) is 163 Å². The average molecular weight is 1560 g/mol. The summed E-state index contributed by atoms with van der Waals surface area (Å²) in [5.74, 6) is 18.3. The smallest absolute Gasteiger partial charge is 0.184 e. The summed E-state index contributed by atoms with van der Waals surface area (Å²) in [4.78, 5) is 0. The number of hydrogen-bond acceptors (Lipinski definition) is 18. The van der Waals surface area contributed by atoms with Gasteiger partial charge in [0.2, 0.25) is 0 Å². The lowest BCUT2D eigenvalue weighted by molar-refractivity contribution is -0.344. The second-order valence-corrected chi connectivity index (χ2v) is 33.7. The third-order valence-corrected chi connectivity index (χ3v) is 22.7. The maximum absolute atomic E-state index is 11.2. The Hall–Kier alpha value is -3.60. The molecule has 18 nitrogen and oxygen atoms in total. The van der Waals surface area contributed by atoms with Crippen molar-refractivity contribution in [3.05, 3.63) is 71.8 Å². The van der Waals surface area contributed by atoms with Gasteiger partial charge in [-0.3, -0.25) is 0 Å². The van der Waals surface area contributed by atoms with Gasteiger partial charge >= 0.3 is 0 Å². The molecular weight excluding hydrogens is 1410 g/mol. The quantitative estimate of drug-likeness (QED) is 0.0360. The van der Waals surface area contributed by atoms with Crippen LogP contribution in [0.4, 0.5) is 0 Å². The Morgan fingerprint density at radius 3 is 0.955 bits per heavy atom. The molecule has 0 aromatic heterocycles. The molecule has 4 N–H and O–H groups in total. The minimum absolute atomic E-state index is 0.0849. The zero-order chi connectivity index (χ0) is 79.9. The van der Waals surface area contributed by atoms with Crippen molar-refractivity contribution in [2.75, 3.05) is 33.0 Å². The molecule has 0 saturated carbocycles. The van der Waals surface area contributed by atoms with Gasteiger partial charge in [-0.25, -0.2) is 0 Å². The van der Waals surface area contributed by atoms with E-state index in [0.29, 0.717) is 13.2 Å². The van der Waals surface area contributed by atoms with Crippen LogP contribution >= 0.6 is 0 Å². The van der Waals surface area contributed by atoms with Gasteiger partial charge in [0.05, 0.1) is 63.6 Å².